The van der Waals surface area contributed by atoms with Gasteiger partial charge in [0.15, 0.2) is 0 Å². The summed E-state index contributed by atoms with van der Waals surface area (Å²) in [6.07, 6.45) is 8.49. The van der Waals surface area contributed by atoms with Crippen molar-refractivity contribution < 1.29 is 4.79 Å². The van der Waals surface area contributed by atoms with Gasteiger partial charge in [-0.25, -0.2) is 15.0 Å². The van der Waals surface area contributed by atoms with Crippen LogP contribution in [-0.2, 0) is 20.0 Å². The van der Waals surface area contributed by atoms with Crippen molar-refractivity contribution in [3.05, 3.63) is 58.2 Å². The molecule has 3 atom stereocenters. The van der Waals surface area contributed by atoms with Crippen LogP contribution in [0.4, 0.5) is 5.82 Å². The summed E-state index contributed by atoms with van der Waals surface area (Å²) in [7, 11) is 1.99. The lowest BCUT2D eigenvalue weighted by molar-refractivity contribution is 0.0931. The highest BCUT2D eigenvalue weighted by molar-refractivity contribution is 9.10. The number of carbonyl (C=O) groups excluding carboxylic acids is 1. The summed E-state index contributed by atoms with van der Waals surface area (Å²) in [4.78, 5) is 28.6. The van der Waals surface area contributed by atoms with Crippen LogP contribution in [-0.4, -0.2) is 43.1 Å². The van der Waals surface area contributed by atoms with E-state index in [1.165, 1.54) is 12.1 Å². The van der Waals surface area contributed by atoms with Crippen molar-refractivity contribution >= 4 is 27.7 Å². The topological polar surface area (TPSA) is 80.9 Å². The molecule has 3 aromatic rings. The van der Waals surface area contributed by atoms with E-state index in [1.807, 2.05) is 16.2 Å². The molecule has 4 heterocycles. The zero-order chi connectivity index (χ0) is 21.1. The molecule has 0 aromatic carbocycles. The minimum atomic E-state index is -0.164. The Morgan fingerprint density at radius 2 is 2.06 bits per heavy atom. The van der Waals surface area contributed by atoms with Gasteiger partial charge in [0.05, 0.1) is 30.9 Å². The van der Waals surface area contributed by atoms with Crippen LogP contribution in [0.2, 0.25) is 0 Å². The second-order valence-electron chi connectivity index (χ2n) is 8.96. The fraction of sp³-hybridized carbons (Fsp3) is 0.455. The Kier molecular flexibility index (Phi) is 4.41. The summed E-state index contributed by atoms with van der Waals surface area (Å²) in [5.41, 5.74) is 3.65. The smallest absolute Gasteiger partial charge is 0.272 e. The molecule has 1 N–H and O–H groups in total. The number of hydrogen-bond donors (Lipinski definition) is 1. The quantitative estimate of drug-likeness (QED) is 0.566. The minimum Gasteiger partial charge on any atom is -0.356 e. The van der Waals surface area contributed by atoms with Crippen LogP contribution in [0, 0.1) is 11.8 Å². The van der Waals surface area contributed by atoms with Crippen LogP contribution < -0.4 is 10.2 Å². The van der Waals surface area contributed by atoms with Gasteiger partial charge in [-0.05, 0) is 53.1 Å². The molecule has 1 saturated heterocycles. The third kappa shape index (κ3) is 3.44. The molecule has 1 amide bonds. The van der Waals surface area contributed by atoms with Gasteiger partial charge in [0.2, 0.25) is 0 Å². The van der Waals surface area contributed by atoms with Gasteiger partial charge in [-0.15, -0.1) is 0 Å². The van der Waals surface area contributed by atoms with E-state index in [2.05, 4.69) is 48.2 Å². The molecule has 1 saturated carbocycles. The monoisotopic (exact) mass is 481 g/mol. The first-order valence-corrected chi connectivity index (χ1v) is 11.6. The second kappa shape index (κ2) is 7.19. The van der Waals surface area contributed by atoms with Crippen LogP contribution in [0.3, 0.4) is 0 Å². The maximum atomic E-state index is 12.7. The van der Waals surface area contributed by atoms with Crippen LogP contribution >= 0.6 is 15.9 Å². The van der Waals surface area contributed by atoms with E-state index in [-0.39, 0.29) is 11.9 Å². The standard InChI is InChI=1S/C22H24BrN7O/c1-28-11-25-20-16(3-4-18(20)28)26-22(31)17-10-29(12-24-17)7-13-2-5-19(27-21(13)23)30-8-14-6-15(14)9-30/h2,5,10-12,14-16H,3-4,6-9H2,1H3,(H,26,31)/t14?,15?,16-/m1/s1. The number of halogens is 1. The molecular weight excluding hydrogens is 458 g/mol. The van der Waals surface area contributed by atoms with E-state index in [0.717, 1.165) is 59.4 Å². The molecule has 0 radical (unpaired) electrons. The van der Waals surface area contributed by atoms with Crippen molar-refractivity contribution in [3.63, 3.8) is 0 Å². The number of piperidine rings is 1. The summed E-state index contributed by atoms with van der Waals surface area (Å²) < 4.78 is 4.79. The van der Waals surface area contributed by atoms with E-state index in [1.54, 1.807) is 18.9 Å². The maximum Gasteiger partial charge on any atom is 0.272 e. The van der Waals surface area contributed by atoms with E-state index in [9.17, 15) is 4.79 Å². The number of nitrogens with zero attached hydrogens (tertiary/aromatic N) is 6. The highest BCUT2D eigenvalue weighted by Crippen LogP contribution is 2.46. The predicted octanol–water partition coefficient (Wildman–Crippen LogP) is 2.70. The summed E-state index contributed by atoms with van der Waals surface area (Å²) >= 11 is 3.63. The van der Waals surface area contributed by atoms with Gasteiger partial charge in [0.25, 0.3) is 5.91 Å². The number of carbonyl (C=O) groups is 1. The summed E-state index contributed by atoms with van der Waals surface area (Å²) in [6, 6.07) is 4.16. The summed E-state index contributed by atoms with van der Waals surface area (Å²) in [6.45, 7) is 2.86. The average Bonchev–Trinajstić information content (AvgIpc) is 3.22. The molecule has 3 aromatic heterocycles. The molecule has 9 heteroatoms. The van der Waals surface area contributed by atoms with Gasteiger partial charge in [-0.2, -0.15) is 0 Å². The SMILES string of the molecule is Cn1cnc2c1CC[C@H]2NC(=O)c1cn(Cc2ccc(N3CC4CC4C3)nc2Br)cn1. The Balaban J connectivity index is 1.12. The molecule has 0 bridgehead atoms. The van der Waals surface area contributed by atoms with E-state index in [0.29, 0.717) is 12.2 Å². The van der Waals surface area contributed by atoms with Crippen LogP contribution in [0.5, 0.6) is 0 Å². The summed E-state index contributed by atoms with van der Waals surface area (Å²) in [5, 5.41) is 3.08. The van der Waals surface area contributed by atoms with Gasteiger partial charge in [-0.3, -0.25) is 4.79 Å². The Labute approximate surface area is 188 Å². The minimum absolute atomic E-state index is 0.0450. The number of hydrogen-bond acceptors (Lipinski definition) is 5. The van der Waals surface area contributed by atoms with E-state index in [4.69, 9.17) is 4.98 Å². The molecule has 1 aliphatic heterocycles. The Morgan fingerprint density at radius 3 is 2.87 bits per heavy atom. The first kappa shape index (κ1) is 19.0. The maximum absolute atomic E-state index is 12.7. The number of anilines is 1. The Bertz CT molecular complexity index is 1160. The van der Waals surface area contributed by atoms with Gasteiger partial charge in [0, 0.05) is 37.6 Å². The van der Waals surface area contributed by atoms with Crippen molar-refractivity contribution in [2.45, 2.75) is 31.8 Å². The lowest BCUT2D eigenvalue weighted by atomic mass is 10.2. The molecule has 3 aliphatic rings. The molecule has 0 spiro atoms. The van der Waals surface area contributed by atoms with Crippen molar-refractivity contribution in [1.82, 2.24) is 29.4 Å². The van der Waals surface area contributed by atoms with Crippen LogP contribution in [0.15, 0.2) is 35.6 Å². The fourth-order valence-electron chi connectivity index (χ4n) is 4.95. The van der Waals surface area contributed by atoms with E-state index >= 15 is 0 Å². The lowest BCUT2D eigenvalue weighted by Gasteiger charge is -2.19. The highest BCUT2D eigenvalue weighted by Gasteiger charge is 2.45. The lowest BCUT2D eigenvalue weighted by Crippen LogP contribution is -2.27. The highest BCUT2D eigenvalue weighted by atomic mass is 79.9. The Morgan fingerprint density at radius 1 is 1.23 bits per heavy atom. The molecular formula is C22H24BrN7O. The van der Waals surface area contributed by atoms with Gasteiger partial charge in [0.1, 0.15) is 16.1 Å². The fourth-order valence-corrected chi connectivity index (χ4v) is 5.39. The van der Waals surface area contributed by atoms with Gasteiger partial charge >= 0.3 is 0 Å². The summed E-state index contributed by atoms with van der Waals surface area (Å²) in [5.74, 6) is 2.63. The van der Waals surface area contributed by atoms with Crippen LogP contribution in [0.25, 0.3) is 0 Å². The third-order valence-corrected chi connectivity index (χ3v) is 7.52. The number of amides is 1. The number of aromatic nitrogens is 5. The molecule has 6 rings (SSSR count). The average molecular weight is 482 g/mol. The molecule has 2 fully saturated rings. The van der Waals surface area contributed by atoms with Crippen molar-refractivity contribution in [2.75, 3.05) is 18.0 Å². The Hall–Kier alpha value is -2.68. The predicted molar refractivity (Wildman–Crippen MR) is 119 cm³/mol. The molecule has 2 aliphatic carbocycles. The number of pyridine rings is 1. The first-order valence-electron chi connectivity index (χ1n) is 10.8. The van der Waals surface area contributed by atoms with Gasteiger partial charge in [-0.1, -0.05) is 6.07 Å². The largest absolute Gasteiger partial charge is 0.356 e. The number of nitrogens with one attached hydrogen (secondary N) is 1. The molecule has 160 valence electrons. The number of fused-ring (bicyclic) bond motifs is 2. The van der Waals surface area contributed by atoms with Crippen molar-refractivity contribution in [1.29, 1.82) is 0 Å². The third-order valence-electron chi connectivity index (χ3n) is 6.83. The zero-order valence-electron chi connectivity index (χ0n) is 17.3. The van der Waals surface area contributed by atoms with Gasteiger partial charge < -0.3 is 19.4 Å². The van der Waals surface area contributed by atoms with E-state index < -0.39 is 0 Å². The van der Waals surface area contributed by atoms with Crippen molar-refractivity contribution in [2.24, 2.45) is 18.9 Å². The first-order chi connectivity index (χ1) is 15.0. The molecule has 31 heavy (non-hydrogen) atoms. The normalized spacial score (nSPS) is 23.7. The molecule has 2 unspecified atom stereocenters. The number of imidazole rings is 2. The molecule has 8 nitrogen and oxygen atoms in total. The second-order valence-corrected chi connectivity index (χ2v) is 9.71. The zero-order valence-corrected chi connectivity index (χ0v) is 18.9. The van der Waals surface area contributed by atoms with Crippen molar-refractivity contribution in [3.8, 4) is 0 Å². The number of aryl methyl sites for hydroxylation is 1. The van der Waals surface area contributed by atoms with Crippen LogP contribution in [0.1, 0.15) is 46.3 Å². The number of rotatable bonds is 5.